The molecule has 0 fully saturated rings. The first-order chi connectivity index (χ1) is 9.08. The van der Waals surface area contributed by atoms with Crippen molar-refractivity contribution in [2.24, 2.45) is 0 Å². The van der Waals surface area contributed by atoms with E-state index >= 15 is 0 Å². The van der Waals surface area contributed by atoms with Crippen LogP contribution in [0, 0.1) is 6.92 Å². The second-order valence-electron chi connectivity index (χ2n) is 4.05. The van der Waals surface area contributed by atoms with Gasteiger partial charge in [0.2, 0.25) is 5.89 Å². The lowest BCUT2D eigenvalue weighted by molar-refractivity contribution is -0.133. The third-order valence-electron chi connectivity index (χ3n) is 2.44. The quantitative estimate of drug-likeness (QED) is 0.815. The van der Waals surface area contributed by atoms with Gasteiger partial charge in [0, 0.05) is 12.6 Å². The van der Waals surface area contributed by atoms with Gasteiger partial charge in [-0.05, 0) is 6.92 Å². The summed E-state index contributed by atoms with van der Waals surface area (Å²) in [5, 5.41) is 9.37. The van der Waals surface area contributed by atoms with Crippen LogP contribution in [0.2, 0.25) is 0 Å². The van der Waals surface area contributed by atoms with Crippen LogP contribution >= 0.6 is 11.8 Å². The zero-order valence-electron chi connectivity index (χ0n) is 10.8. The van der Waals surface area contributed by atoms with Gasteiger partial charge in [0.25, 0.3) is 0 Å². The number of thioether (sulfide) groups is 1. The van der Waals surface area contributed by atoms with Crippen LogP contribution in [0.5, 0.6) is 0 Å². The number of oxazole rings is 1. The van der Waals surface area contributed by atoms with Crippen LogP contribution in [0.1, 0.15) is 24.3 Å². The third kappa shape index (κ3) is 3.60. The molecule has 2 aromatic rings. The van der Waals surface area contributed by atoms with Crippen molar-refractivity contribution in [3.05, 3.63) is 29.7 Å². The Kier molecular flexibility index (Phi) is 4.26. The van der Waals surface area contributed by atoms with Crippen LogP contribution in [0.15, 0.2) is 22.0 Å². The molecule has 0 aromatic carbocycles. The van der Waals surface area contributed by atoms with E-state index in [1.807, 2.05) is 24.6 Å². The highest BCUT2D eigenvalue weighted by Gasteiger charge is 2.11. The van der Waals surface area contributed by atoms with Crippen molar-refractivity contribution in [1.82, 2.24) is 14.5 Å². The SMILES string of the molecule is CCc1cnc(Cn2cc(C)nc2SCC(=O)O)o1. The molecule has 6 nitrogen and oxygen atoms in total. The molecular weight excluding hydrogens is 266 g/mol. The maximum Gasteiger partial charge on any atom is 0.313 e. The molecule has 0 saturated carbocycles. The average molecular weight is 281 g/mol. The molecule has 2 heterocycles. The van der Waals surface area contributed by atoms with Crippen LogP contribution in [-0.2, 0) is 17.8 Å². The van der Waals surface area contributed by atoms with E-state index in [4.69, 9.17) is 9.52 Å². The second-order valence-corrected chi connectivity index (χ2v) is 4.99. The Morgan fingerprint density at radius 3 is 3.00 bits per heavy atom. The smallest absolute Gasteiger partial charge is 0.313 e. The molecule has 19 heavy (non-hydrogen) atoms. The van der Waals surface area contributed by atoms with Gasteiger partial charge in [-0.1, -0.05) is 18.7 Å². The molecule has 0 atom stereocenters. The Bertz CT molecular complexity index is 577. The summed E-state index contributed by atoms with van der Waals surface area (Å²) in [6.07, 6.45) is 4.37. The fourth-order valence-corrected chi connectivity index (χ4v) is 2.35. The number of aromatic nitrogens is 3. The molecule has 2 aromatic heterocycles. The van der Waals surface area contributed by atoms with Gasteiger partial charge < -0.3 is 14.1 Å². The lowest BCUT2D eigenvalue weighted by atomic mass is 10.4. The van der Waals surface area contributed by atoms with Gasteiger partial charge in [0.1, 0.15) is 12.3 Å². The predicted molar refractivity (Wildman–Crippen MR) is 70.3 cm³/mol. The Morgan fingerprint density at radius 2 is 2.37 bits per heavy atom. The largest absolute Gasteiger partial charge is 0.481 e. The van der Waals surface area contributed by atoms with Crippen molar-refractivity contribution < 1.29 is 14.3 Å². The summed E-state index contributed by atoms with van der Waals surface area (Å²) in [7, 11) is 0. The maximum atomic E-state index is 10.6. The highest BCUT2D eigenvalue weighted by atomic mass is 32.2. The number of hydrogen-bond donors (Lipinski definition) is 1. The first kappa shape index (κ1) is 13.7. The van der Waals surface area contributed by atoms with E-state index in [9.17, 15) is 4.79 Å². The van der Waals surface area contributed by atoms with E-state index in [0.717, 1.165) is 17.9 Å². The minimum atomic E-state index is -0.860. The van der Waals surface area contributed by atoms with E-state index in [0.29, 0.717) is 17.6 Å². The minimum Gasteiger partial charge on any atom is -0.481 e. The normalized spacial score (nSPS) is 10.8. The Balaban J connectivity index is 2.12. The third-order valence-corrected chi connectivity index (χ3v) is 3.42. The van der Waals surface area contributed by atoms with Crippen LogP contribution < -0.4 is 0 Å². The summed E-state index contributed by atoms with van der Waals surface area (Å²) in [5.74, 6) is 0.571. The molecule has 7 heteroatoms. The van der Waals surface area contributed by atoms with Crippen LogP contribution in [-0.4, -0.2) is 31.4 Å². The summed E-state index contributed by atoms with van der Waals surface area (Å²) in [5.41, 5.74) is 0.843. The number of nitrogens with zero attached hydrogens (tertiary/aromatic N) is 3. The number of imidazole rings is 1. The molecule has 0 aliphatic rings. The first-order valence-corrected chi connectivity index (χ1v) is 6.89. The monoisotopic (exact) mass is 281 g/mol. The molecule has 102 valence electrons. The van der Waals surface area contributed by atoms with Gasteiger partial charge in [-0.3, -0.25) is 4.79 Å². The van der Waals surface area contributed by atoms with Crippen molar-refractivity contribution in [2.75, 3.05) is 5.75 Å². The fraction of sp³-hybridized carbons (Fsp3) is 0.417. The van der Waals surface area contributed by atoms with Gasteiger partial charge in [0.05, 0.1) is 17.6 Å². The lowest BCUT2D eigenvalue weighted by Gasteiger charge is -2.03. The van der Waals surface area contributed by atoms with Crippen LogP contribution in [0.3, 0.4) is 0 Å². The average Bonchev–Trinajstić information content (AvgIpc) is 2.94. The number of carboxylic acid groups (broad SMARTS) is 1. The van der Waals surface area contributed by atoms with Crippen LogP contribution in [0.4, 0.5) is 0 Å². The number of carbonyl (C=O) groups is 1. The molecule has 0 spiro atoms. The second kappa shape index (κ2) is 5.92. The van der Waals surface area contributed by atoms with E-state index in [-0.39, 0.29) is 5.75 Å². The van der Waals surface area contributed by atoms with E-state index < -0.39 is 5.97 Å². The molecule has 0 saturated heterocycles. The predicted octanol–water partition coefficient (Wildman–Crippen LogP) is 1.97. The number of aryl methyl sites for hydroxylation is 2. The summed E-state index contributed by atoms with van der Waals surface area (Å²) < 4.78 is 7.40. The fourth-order valence-electron chi connectivity index (χ4n) is 1.61. The van der Waals surface area contributed by atoms with Gasteiger partial charge in [-0.15, -0.1) is 0 Å². The van der Waals surface area contributed by atoms with Gasteiger partial charge in [-0.2, -0.15) is 0 Å². The molecule has 2 rings (SSSR count). The molecule has 0 amide bonds. The summed E-state index contributed by atoms with van der Waals surface area (Å²) in [6, 6.07) is 0. The minimum absolute atomic E-state index is 0.0117. The number of aliphatic carboxylic acids is 1. The molecule has 0 bridgehead atoms. The number of carboxylic acids is 1. The van der Waals surface area contributed by atoms with E-state index in [2.05, 4.69) is 9.97 Å². The standard InChI is InChI=1S/C12H15N3O3S/c1-3-9-4-13-10(18-9)6-15-5-8(2)14-12(15)19-7-11(16)17/h4-5H,3,6-7H2,1-2H3,(H,16,17). The van der Waals surface area contributed by atoms with Gasteiger partial charge in [-0.25, -0.2) is 9.97 Å². The van der Waals surface area contributed by atoms with Crippen molar-refractivity contribution in [2.45, 2.75) is 32.0 Å². The van der Waals surface area contributed by atoms with Gasteiger partial charge in [0.15, 0.2) is 5.16 Å². The molecule has 0 aliphatic heterocycles. The van der Waals surface area contributed by atoms with Crippen molar-refractivity contribution in [3.63, 3.8) is 0 Å². The summed E-state index contributed by atoms with van der Waals surface area (Å²) in [4.78, 5) is 19.1. The molecule has 0 aliphatic carbocycles. The summed E-state index contributed by atoms with van der Waals surface area (Å²) >= 11 is 1.19. The molecule has 0 radical (unpaired) electrons. The lowest BCUT2D eigenvalue weighted by Crippen LogP contribution is -2.03. The molecule has 1 N–H and O–H groups in total. The highest BCUT2D eigenvalue weighted by Crippen LogP contribution is 2.19. The zero-order chi connectivity index (χ0) is 13.8. The van der Waals surface area contributed by atoms with Gasteiger partial charge >= 0.3 is 5.97 Å². The summed E-state index contributed by atoms with van der Waals surface area (Å²) in [6.45, 7) is 4.33. The topological polar surface area (TPSA) is 81.2 Å². The highest BCUT2D eigenvalue weighted by molar-refractivity contribution is 7.99. The van der Waals surface area contributed by atoms with E-state index in [1.54, 1.807) is 6.20 Å². The van der Waals surface area contributed by atoms with Crippen molar-refractivity contribution >= 4 is 17.7 Å². The van der Waals surface area contributed by atoms with Crippen LogP contribution in [0.25, 0.3) is 0 Å². The number of hydrogen-bond acceptors (Lipinski definition) is 5. The Labute approximate surface area is 114 Å². The Morgan fingerprint density at radius 1 is 1.58 bits per heavy atom. The molecular formula is C12H15N3O3S. The molecule has 0 unspecified atom stereocenters. The number of rotatable bonds is 6. The van der Waals surface area contributed by atoms with E-state index in [1.165, 1.54) is 11.8 Å². The Hall–Kier alpha value is -1.76. The maximum absolute atomic E-state index is 10.6. The zero-order valence-corrected chi connectivity index (χ0v) is 11.6. The first-order valence-electron chi connectivity index (χ1n) is 5.90. The van der Waals surface area contributed by atoms with Crippen molar-refractivity contribution in [3.8, 4) is 0 Å². The van der Waals surface area contributed by atoms with Crippen molar-refractivity contribution in [1.29, 1.82) is 0 Å².